The normalized spacial score (nSPS) is 21.5. The number of rotatable bonds is 10. The molecule has 48 heavy (non-hydrogen) atoms. The summed E-state index contributed by atoms with van der Waals surface area (Å²) in [6, 6.07) is 10.8. The quantitative estimate of drug-likeness (QED) is 0.277. The first kappa shape index (κ1) is 34.7. The Morgan fingerprint density at radius 1 is 1.17 bits per heavy atom. The van der Waals surface area contributed by atoms with Gasteiger partial charge in [0.25, 0.3) is 5.91 Å². The lowest BCUT2D eigenvalue weighted by molar-refractivity contribution is -0.887. The van der Waals surface area contributed by atoms with Gasteiger partial charge >= 0.3 is 5.91 Å². The van der Waals surface area contributed by atoms with E-state index in [9.17, 15) is 27.5 Å². The number of quaternary nitrogens is 1. The first-order valence-electron chi connectivity index (χ1n) is 16.6. The molecule has 11 nitrogen and oxygen atoms in total. The predicted octanol–water partition coefficient (Wildman–Crippen LogP) is 3.23. The van der Waals surface area contributed by atoms with Crippen molar-refractivity contribution in [1.82, 2.24) is 24.7 Å². The van der Waals surface area contributed by atoms with Gasteiger partial charge in [0, 0.05) is 79.4 Å². The lowest BCUT2D eigenvalue weighted by Crippen LogP contribution is -2.66. The Bertz CT molecular complexity index is 1780. The van der Waals surface area contributed by atoms with Gasteiger partial charge in [0.15, 0.2) is 0 Å². The fourth-order valence-corrected chi connectivity index (χ4v) is 8.52. The predicted molar refractivity (Wildman–Crippen MR) is 180 cm³/mol. The standard InChI is InChI=1S/C34H42ClFN6O5S/c1-48(46,47)40-16-13-31-29(21-40)33(24-7-10-30(35)25(18-24)19-38-34(45)23-5-8-26(36)9-6-23)39-41(31)20-28(43)22-42(17-3-2-4-32(42)44)27-11-14-37-15-12-27/h5-10,18,27-28,37,43H,2-4,11-17,19-22H2,1H3/p+1. The number of aromatic nitrogens is 2. The molecule has 0 saturated carbocycles. The Morgan fingerprint density at radius 3 is 2.62 bits per heavy atom. The molecule has 0 aliphatic carbocycles. The number of amides is 2. The molecule has 2 unspecified atom stereocenters. The van der Waals surface area contributed by atoms with E-state index in [0.717, 1.165) is 56.6 Å². The van der Waals surface area contributed by atoms with Gasteiger partial charge in [-0.15, -0.1) is 0 Å². The first-order valence-corrected chi connectivity index (χ1v) is 18.8. The van der Waals surface area contributed by atoms with Crippen LogP contribution in [0.3, 0.4) is 0 Å². The maximum atomic E-state index is 13.5. The third kappa shape index (κ3) is 7.36. The monoisotopic (exact) mass is 701 g/mol. The number of nitrogens with one attached hydrogen (secondary N) is 2. The van der Waals surface area contributed by atoms with Crippen LogP contribution in [0.4, 0.5) is 4.39 Å². The molecule has 4 heterocycles. The highest BCUT2D eigenvalue weighted by atomic mass is 35.5. The first-order chi connectivity index (χ1) is 22.9. The van der Waals surface area contributed by atoms with Crippen LogP contribution < -0.4 is 10.6 Å². The van der Waals surface area contributed by atoms with Crippen molar-refractivity contribution in [2.45, 2.75) is 70.3 Å². The van der Waals surface area contributed by atoms with Gasteiger partial charge < -0.3 is 15.7 Å². The van der Waals surface area contributed by atoms with E-state index in [-0.39, 0.29) is 37.5 Å². The fourth-order valence-electron chi connectivity index (χ4n) is 7.55. The summed E-state index contributed by atoms with van der Waals surface area (Å²) in [5.41, 5.74) is 3.80. The van der Waals surface area contributed by atoms with E-state index < -0.39 is 21.9 Å². The van der Waals surface area contributed by atoms with Crippen LogP contribution in [0.15, 0.2) is 42.5 Å². The molecule has 2 fully saturated rings. The third-order valence-electron chi connectivity index (χ3n) is 10.1. The minimum Gasteiger partial charge on any atom is -0.385 e. The van der Waals surface area contributed by atoms with Crippen LogP contribution >= 0.6 is 11.6 Å². The molecule has 0 bridgehead atoms. The lowest BCUT2D eigenvalue weighted by Gasteiger charge is -2.47. The average molecular weight is 702 g/mol. The molecule has 3 aliphatic heterocycles. The Morgan fingerprint density at radius 2 is 1.92 bits per heavy atom. The summed E-state index contributed by atoms with van der Waals surface area (Å²) < 4.78 is 42.0. The molecule has 0 spiro atoms. The molecule has 1 aromatic heterocycles. The summed E-state index contributed by atoms with van der Waals surface area (Å²) in [4.78, 5) is 26.2. The number of aliphatic hydroxyl groups is 1. The maximum absolute atomic E-state index is 13.5. The van der Waals surface area contributed by atoms with Crippen LogP contribution in [0.1, 0.15) is 59.3 Å². The van der Waals surface area contributed by atoms with Crippen molar-refractivity contribution in [2.24, 2.45) is 0 Å². The Labute approximate surface area is 285 Å². The number of nitrogens with zero attached hydrogens (tertiary/aromatic N) is 4. The van der Waals surface area contributed by atoms with Crippen molar-refractivity contribution >= 4 is 33.4 Å². The zero-order chi connectivity index (χ0) is 34.1. The van der Waals surface area contributed by atoms with Crippen molar-refractivity contribution in [2.75, 3.05) is 39.0 Å². The minimum absolute atomic E-state index is 0.102. The molecule has 2 atom stereocenters. The Hall–Kier alpha value is -3.20. The number of aliphatic hydroxyl groups excluding tert-OH is 1. The highest BCUT2D eigenvalue weighted by Gasteiger charge is 2.47. The van der Waals surface area contributed by atoms with Crippen molar-refractivity contribution < 1.29 is 32.0 Å². The second kappa shape index (κ2) is 14.3. The molecule has 6 rings (SSSR count). The van der Waals surface area contributed by atoms with Gasteiger partial charge in [-0.3, -0.25) is 14.0 Å². The number of benzene rings is 2. The van der Waals surface area contributed by atoms with Crippen molar-refractivity contribution in [1.29, 1.82) is 0 Å². The van der Waals surface area contributed by atoms with E-state index >= 15 is 0 Å². The van der Waals surface area contributed by atoms with E-state index in [2.05, 4.69) is 10.6 Å². The van der Waals surface area contributed by atoms with Gasteiger partial charge in [0.1, 0.15) is 18.5 Å². The van der Waals surface area contributed by atoms with Crippen LogP contribution in [-0.4, -0.2) is 95.0 Å². The molecule has 0 radical (unpaired) electrons. The van der Waals surface area contributed by atoms with Crippen LogP contribution in [0.25, 0.3) is 11.3 Å². The summed E-state index contributed by atoms with van der Waals surface area (Å²) in [6.07, 6.45) is 4.92. The molecule has 14 heteroatoms. The summed E-state index contributed by atoms with van der Waals surface area (Å²) >= 11 is 6.54. The van der Waals surface area contributed by atoms with Gasteiger partial charge in [-0.2, -0.15) is 9.40 Å². The number of likely N-dealkylation sites (tertiary alicyclic amines) is 1. The summed E-state index contributed by atoms with van der Waals surface area (Å²) in [6.45, 7) is 3.48. The lowest BCUT2D eigenvalue weighted by atomic mass is 9.95. The molecular formula is C34H43ClFN6O5S+. The zero-order valence-corrected chi connectivity index (χ0v) is 28.7. The second-order valence-corrected chi connectivity index (χ2v) is 15.6. The van der Waals surface area contributed by atoms with Crippen LogP contribution in [-0.2, 0) is 40.9 Å². The zero-order valence-electron chi connectivity index (χ0n) is 27.1. The number of piperidine rings is 2. The number of sulfonamides is 1. The van der Waals surface area contributed by atoms with Crippen molar-refractivity contribution in [3.8, 4) is 11.3 Å². The largest absolute Gasteiger partial charge is 0.385 e. The van der Waals surface area contributed by atoms with E-state index in [1.165, 1.54) is 34.8 Å². The van der Waals surface area contributed by atoms with Crippen molar-refractivity contribution in [3.05, 3.63) is 75.7 Å². The molecule has 258 valence electrons. The van der Waals surface area contributed by atoms with Gasteiger partial charge in [-0.1, -0.05) is 17.7 Å². The molecule has 3 aliphatic rings. The highest BCUT2D eigenvalue weighted by Crippen LogP contribution is 2.34. The fraction of sp³-hybridized carbons (Fsp3) is 0.500. The topological polar surface area (TPSA) is 134 Å². The third-order valence-corrected chi connectivity index (χ3v) is 11.7. The van der Waals surface area contributed by atoms with Crippen LogP contribution in [0, 0.1) is 5.82 Å². The number of hydrogen-bond acceptors (Lipinski definition) is 7. The Kier molecular flexibility index (Phi) is 10.4. The molecule has 2 amide bonds. The number of carbonyl (C=O) groups is 2. The van der Waals surface area contributed by atoms with E-state index in [1.807, 2.05) is 6.07 Å². The average Bonchev–Trinajstić information content (AvgIpc) is 3.43. The molecule has 2 saturated heterocycles. The summed E-state index contributed by atoms with van der Waals surface area (Å²) in [5.74, 6) is -0.609. The van der Waals surface area contributed by atoms with E-state index in [4.69, 9.17) is 16.7 Å². The van der Waals surface area contributed by atoms with Crippen LogP contribution in [0.5, 0.6) is 0 Å². The van der Waals surface area contributed by atoms with Crippen molar-refractivity contribution in [3.63, 3.8) is 0 Å². The number of fused-ring (bicyclic) bond motifs is 1. The molecular weight excluding hydrogens is 659 g/mol. The van der Waals surface area contributed by atoms with Gasteiger partial charge in [0.05, 0.1) is 37.5 Å². The van der Waals surface area contributed by atoms with Crippen LogP contribution in [0.2, 0.25) is 5.02 Å². The summed E-state index contributed by atoms with van der Waals surface area (Å²) in [7, 11) is -3.48. The van der Waals surface area contributed by atoms with Gasteiger partial charge in [0.2, 0.25) is 10.0 Å². The number of hydrogen-bond donors (Lipinski definition) is 3. The van der Waals surface area contributed by atoms with E-state index in [0.29, 0.717) is 57.8 Å². The molecule has 3 N–H and O–H groups in total. The SMILES string of the molecule is CS(=O)(=O)N1CCc2c(c(-c3ccc(Cl)c(CNC(=O)c4ccc(F)cc4)c3)nn2CC(O)C[N+]2(C3CCNCC3)CCCCC2=O)C1. The highest BCUT2D eigenvalue weighted by molar-refractivity contribution is 7.88. The minimum atomic E-state index is -3.48. The van der Waals surface area contributed by atoms with E-state index in [1.54, 1.807) is 16.8 Å². The smallest absolute Gasteiger partial charge is 0.314 e. The number of halogens is 2. The maximum Gasteiger partial charge on any atom is 0.314 e. The molecule has 3 aromatic rings. The second-order valence-electron chi connectivity index (χ2n) is 13.2. The summed E-state index contributed by atoms with van der Waals surface area (Å²) in [5, 5.41) is 23.2. The molecule has 2 aromatic carbocycles. The van der Waals surface area contributed by atoms with Gasteiger partial charge in [-0.25, -0.2) is 17.6 Å². The number of carbonyl (C=O) groups excluding carboxylic acids is 2. The Balaban J connectivity index is 1.28. The van der Waals surface area contributed by atoms with Gasteiger partial charge in [-0.05, 0) is 54.8 Å².